The Morgan fingerprint density at radius 1 is 1.50 bits per heavy atom. The van der Waals surface area contributed by atoms with Crippen LogP contribution in [0, 0.1) is 6.92 Å². The molecule has 0 atom stereocenters. The van der Waals surface area contributed by atoms with Gasteiger partial charge < -0.3 is 10.6 Å². The molecule has 0 aliphatic carbocycles. The average Bonchev–Trinajstić information content (AvgIpc) is 2.14. The molecular formula is C10H12N2O2. The summed E-state index contributed by atoms with van der Waals surface area (Å²) < 4.78 is 0. The van der Waals surface area contributed by atoms with E-state index in [0.717, 1.165) is 11.1 Å². The van der Waals surface area contributed by atoms with Crippen molar-refractivity contribution < 1.29 is 9.63 Å². The number of benzene rings is 1. The van der Waals surface area contributed by atoms with E-state index in [-0.39, 0.29) is 0 Å². The first-order valence-corrected chi connectivity index (χ1v) is 4.11. The van der Waals surface area contributed by atoms with Crippen molar-refractivity contribution in [1.82, 2.24) is 0 Å². The molecule has 0 unspecified atom stereocenters. The van der Waals surface area contributed by atoms with Gasteiger partial charge in [-0.3, -0.25) is 4.79 Å². The molecule has 74 valence electrons. The third-order valence-electron chi connectivity index (χ3n) is 1.69. The molecule has 1 rings (SSSR count). The maximum atomic E-state index is 10.9. The molecule has 1 amide bonds. The standard InChI is InChI=1S/C10H12N2O2/c1-7-3-8(6-12-14-2)5-9(4-7)10(11)13/h3-6H,1-2H3,(H2,11,13). The van der Waals surface area contributed by atoms with E-state index in [1.807, 2.05) is 13.0 Å². The summed E-state index contributed by atoms with van der Waals surface area (Å²) in [5.74, 6) is -0.444. The van der Waals surface area contributed by atoms with Crippen LogP contribution < -0.4 is 5.73 Å². The van der Waals surface area contributed by atoms with Gasteiger partial charge in [-0.25, -0.2) is 0 Å². The number of carbonyl (C=O) groups excluding carboxylic acids is 1. The summed E-state index contributed by atoms with van der Waals surface area (Å²) in [7, 11) is 1.46. The molecule has 14 heavy (non-hydrogen) atoms. The van der Waals surface area contributed by atoms with Crippen molar-refractivity contribution in [1.29, 1.82) is 0 Å². The van der Waals surface area contributed by atoms with Gasteiger partial charge in [0.15, 0.2) is 0 Å². The lowest BCUT2D eigenvalue weighted by molar-refractivity contribution is 0.1000. The summed E-state index contributed by atoms with van der Waals surface area (Å²) in [4.78, 5) is 15.5. The van der Waals surface area contributed by atoms with Gasteiger partial charge in [0.1, 0.15) is 7.11 Å². The summed E-state index contributed by atoms with van der Waals surface area (Å²) >= 11 is 0. The van der Waals surface area contributed by atoms with Crippen molar-refractivity contribution in [2.75, 3.05) is 7.11 Å². The summed E-state index contributed by atoms with van der Waals surface area (Å²) in [6.07, 6.45) is 1.53. The van der Waals surface area contributed by atoms with Crippen LogP contribution in [0.4, 0.5) is 0 Å². The number of aryl methyl sites for hydroxylation is 1. The number of primary amides is 1. The Balaban J connectivity index is 3.07. The van der Waals surface area contributed by atoms with E-state index in [1.54, 1.807) is 12.1 Å². The Morgan fingerprint density at radius 3 is 2.79 bits per heavy atom. The predicted molar refractivity (Wildman–Crippen MR) is 54.3 cm³/mol. The third kappa shape index (κ3) is 2.58. The Hall–Kier alpha value is -1.84. The van der Waals surface area contributed by atoms with Crippen molar-refractivity contribution in [2.24, 2.45) is 10.9 Å². The number of amides is 1. The van der Waals surface area contributed by atoms with E-state index in [1.165, 1.54) is 13.3 Å². The molecule has 0 spiro atoms. The van der Waals surface area contributed by atoms with E-state index in [9.17, 15) is 4.79 Å². The largest absolute Gasteiger partial charge is 0.399 e. The Morgan fingerprint density at radius 2 is 2.21 bits per heavy atom. The minimum atomic E-state index is -0.444. The Labute approximate surface area is 82.4 Å². The van der Waals surface area contributed by atoms with E-state index < -0.39 is 5.91 Å². The molecular weight excluding hydrogens is 180 g/mol. The molecule has 2 N–H and O–H groups in total. The molecule has 0 heterocycles. The zero-order valence-corrected chi connectivity index (χ0v) is 8.15. The number of hydrogen-bond donors (Lipinski definition) is 1. The second-order valence-electron chi connectivity index (χ2n) is 2.91. The predicted octanol–water partition coefficient (Wildman–Crippen LogP) is 1.07. The molecule has 0 aliphatic rings. The number of nitrogens with zero attached hydrogens (tertiary/aromatic N) is 1. The molecule has 1 aromatic carbocycles. The smallest absolute Gasteiger partial charge is 0.248 e. The zero-order chi connectivity index (χ0) is 10.6. The fourth-order valence-electron chi connectivity index (χ4n) is 1.14. The number of carbonyl (C=O) groups is 1. The van der Waals surface area contributed by atoms with E-state index in [2.05, 4.69) is 9.99 Å². The number of rotatable bonds is 3. The maximum absolute atomic E-state index is 10.9. The van der Waals surface area contributed by atoms with Crippen LogP contribution >= 0.6 is 0 Å². The van der Waals surface area contributed by atoms with Gasteiger partial charge in [0, 0.05) is 5.56 Å². The van der Waals surface area contributed by atoms with Crippen molar-refractivity contribution >= 4 is 12.1 Å². The van der Waals surface area contributed by atoms with Crippen molar-refractivity contribution in [3.63, 3.8) is 0 Å². The van der Waals surface area contributed by atoms with E-state index >= 15 is 0 Å². The minimum Gasteiger partial charge on any atom is -0.399 e. The first kappa shape index (κ1) is 10.2. The summed E-state index contributed by atoms with van der Waals surface area (Å²) in [5.41, 5.74) is 7.39. The fraction of sp³-hybridized carbons (Fsp3) is 0.200. The monoisotopic (exact) mass is 192 g/mol. The molecule has 0 saturated heterocycles. The number of oxime groups is 1. The molecule has 0 aromatic heterocycles. The van der Waals surface area contributed by atoms with Crippen molar-refractivity contribution in [2.45, 2.75) is 6.92 Å². The zero-order valence-electron chi connectivity index (χ0n) is 8.15. The number of hydrogen-bond acceptors (Lipinski definition) is 3. The second kappa shape index (κ2) is 4.41. The summed E-state index contributed by atoms with van der Waals surface area (Å²) in [5, 5.41) is 3.61. The van der Waals surface area contributed by atoms with Crippen LogP contribution in [-0.2, 0) is 4.84 Å². The Kier molecular flexibility index (Phi) is 3.23. The van der Waals surface area contributed by atoms with Gasteiger partial charge in [0.2, 0.25) is 5.91 Å². The van der Waals surface area contributed by atoms with E-state index in [0.29, 0.717) is 5.56 Å². The van der Waals surface area contributed by atoms with Gasteiger partial charge in [-0.05, 0) is 30.2 Å². The summed E-state index contributed by atoms with van der Waals surface area (Å²) in [6.45, 7) is 1.89. The molecule has 1 aromatic rings. The third-order valence-corrected chi connectivity index (χ3v) is 1.69. The van der Waals surface area contributed by atoms with Crippen LogP contribution in [0.25, 0.3) is 0 Å². The summed E-state index contributed by atoms with van der Waals surface area (Å²) in [6, 6.07) is 5.28. The maximum Gasteiger partial charge on any atom is 0.248 e. The van der Waals surface area contributed by atoms with Gasteiger partial charge in [0.05, 0.1) is 6.21 Å². The molecule has 0 bridgehead atoms. The van der Waals surface area contributed by atoms with Gasteiger partial charge in [-0.2, -0.15) is 0 Å². The van der Waals surface area contributed by atoms with Gasteiger partial charge in [-0.15, -0.1) is 0 Å². The average molecular weight is 192 g/mol. The van der Waals surface area contributed by atoms with Crippen LogP contribution in [0.5, 0.6) is 0 Å². The number of nitrogens with two attached hydrogens (primary N) is 1. The second-order valence-corrected chi connectivity index (χ2v) is 2.91. The highest BCUT2D eigenvalue weighted by atomic mass is 16.6. The van der Waals surface area contributed by atoms with Gasteiger partial charge in [0.25, 0.3) is 0 Å². The first-order valence-electron chi connectivity index (χ1n) is 4.11. The quantitative estimate of drug-likeness (QED) is 0.575. The molecule has 0 radical (unpaired) electrons. The first-order chi connectivity index (χ1) is 6.63. The lowest BCUT2D eigenvalue weighted by Gasteiger charge is -2.00. The van der Waals surface area contributed by atoms with Crippen LogP contribution in [0.3, 0.4) is 0 Å². The molecule has 4 nitrogen and oxygen atoms in total. The highest BCUT2D eigenvalue weighted by Crippen LogP contribution is 2.07. The minimum absolute atomic E-state index is 0.444. The van der Waals surface area contributed by atoms with Gasteiger partial charge in [-0.1, -0.05) is 11.2 Å². The lowest BCUT2D eigenvalue weighted by atomic mass is 10.1. The topological polar surface area (TPSA) is 64.7 Å². The fourth-order valence-corrected chi connectivity index (χ4v) is 1.14. The normalized spacial score (nSPS) is 10.4. The van der Waals surface area contributed by atoms with Crippen molar-refractivity contribution in [3.8, 4) is 0 Å². The SMILES string of the molecule is CON=Cc1cc(C)cc(C(N)=O)c1. The van der Waals surface area contributed by atoms with Crippen LogP contribution in [0.1, 0.15) is 21.5 Å². The van der Waals surface area contributed by atoms with E-state index in [4.69, 9.17) is 5.73 Å². The lowest BCUT2D eigenvalue weighted by Crippen LogP contribution is -2.11. The molecule has 0 aliphatic heterocycles. The molecule has 0 saturated carbocycles. The Bertz CT molecular complexity index is 372. The molecule has 4 heteroatoms. The van der Waals surface area contributed by atoms with Crippen LogP contribution in [0.2, 0.25) is 0 Å². The van der Waals surface area contributed by atoms with Crippen LogP contribution in [-0.4, -0.2) is 19.2 Å². The highest BCUT2D eigenvalue weighted by Gasteiger charge is 2.01. The van der Waals surface area contributed by atoms with Crippen LogP contribution in [0.15, 0.2) is 23.4 Å². The van der Waals surface area contributed by atoms with Gasteiger partial charge >= 0.3 is 0 Å². The van der Waals surface area contributed by atoms with Crippen molar-refractivity contribution in [3.05, 3.63) is 34.9 Å². The molecule has 0 fully saturated rings. The highest BCUT2D eigenvalue weighted by molar-refractivity contribution is 5.95.